The third-order valence-electron chi connectivity index (χ3n) is 7.02. The second kappa shape index (κ2) is 11.7. The molecular weight excluding hydrogens is 555 g/mol. The molecule has 0 radical (unpaired) electrons. The number of para-hydroxylation sites is 1. The molecule has 208 valence electrons. The Morgan fingerprint density at radius 2 is 1.85 bits per heavy atom. The van der Waals surface area contributed by atoms with Gasteiger partial charge in [0.1, 0.15) is 11.4 Å². The third kappa shape index (κ3) is 5.94. The minimum Gasteiger partial charge on any atom is -0.494 e. The normalized spacial score (nSPS) is 12.8. The number of ether oxygens (including phenoxy) is 1. The van der Waals surface area contributed by atoms with Crippen molar-refractivity contribution in [3.8, 4) is 5.75 Å². The molecule has 3 heterocycles. The van der Waals surface area contributed by atoms with Gasteiger partial charge in [0.05, 0.1) is 16.8 Å². The number of nitrogen functional groups attached to an aromatic ring is 1. The first-order valence-electron chi connectivity index (χ1n) is 13.5. The van der Waals surface area contributed by atoms with Crippen LogP contribution in [0.4, 0.5) is 16.0 Å². The molecule has 3 N–H and O–H groups in total. The molecule has 41 heavy (non-hydrogen) atoms. The number of aromatic nitrogens is 2. The number of Topliss-reactive ketones (excluding diaryl/α,β-unsaturated/α-hetero) is 1. The maximum atomic E-state index is 13.4. The van der Waals surface area contributed by atoms with Gasteiger partial charge in [-0.05, 0) is 72.9 Å². The van der Waals surface area contributed by atoms with Crippen molar-refractivity contribution in [1.82, 2.24) is 9.97 Å². The van der Waals surface area contributed by atoms with Gasteiger partial charge in [-0.3, -0.25) is 14.9 Å². The molecule has 0 saturated heterocycles. The molecule has 1 aliphatic rings. The number of benzene rings is 3. The van der Waals surface area contributed by atoms with E-state index in [-0.39, 0.29) is 11.7 Å². The quantitative estimate of drug-likeness (QED) is 0.118. The number of carbonyl (C=O) groups excluding carboxylic acids is 2. The number of hydrogen-bond acceptors (Lipinski definition) is 9. The molecule has 8 nitrogen and oxygen atoms in total. The smallest absolute Gasteiger partial charge is 0.257 e. The number of nitrogens with zero attached hydrogens (tertiary/aromatic N) is 3. The van der Waals surface area contributed by atoms with Gasteiger partial charge >= 0.3 is 0 Å². The molecule has 1 amide bonds. The summed E-state index contributed by atoms with van der Waals surface area (Å²) in [5, 5.41) is 4.38. The van der Waals surface area contributed by atoms with Crippen molar-refractivity contribution < 1.29 is 14.3 Å². The number of carbonyl (C=O) groups is 2. The van der Waals surface area contributed by atoms with Crippen LogP contribution in [-0.4, -0.2) is 34.8 Å². The Labute approximate surface area is 245 Å². The minimum absolute atomic E-state index is 0.0461. The summed E-state index contributed by atoms with van der Waals surface area (Å²) in [6.07, 6.45) is 2.24. The summed E-state index contributed by atoms with van der Waals surface area (Å²) < 4.78 is 6.86. The highest BCUT2D eigenvalue weighted by atomic mass is 32.1. The monoisotopic (exact) mass is 583 g/mol. The van der Waals surface area contributed by atoms with E-state index in [0.29, 0.717) is 41.6 Å². The molecule has 10 heteroatoms. The molecule has 0 saturated carbocycles. The van der Waals surface area contributed by atoms with E-state index in [1.165, 1.54) is 11.3 Å². The molecule has 0 spiro atoms. The molecule has 6 rings (SSSR count). The van der Waals surface area contributed by atoms with E-state index in [9.17, 15) is 9.59 Å². The van der Waals surface area contributed by atoms with Crippen LogP contribution in [0.15, 0.2) is 66.7 Å². The lowest BCUT2D eigenvalue weighted by Gasteiger charge is -2.29. The van der Waals surface area contributed by atoms with E-state index in [1.807, 2.05) is 60.7 Å². The van der Waals surface area contributed by atoms with Crippen LogP contribution in [0.25, 0.3) is 10.2 Å². The molecular formula is C31H29N5O3S2. The molecule has 0 atom stereocenters. The third-order valence-corrected chi connectivity index (χ3v) is 9.15. The fraction of sp³-hybridized carbons (Fsp3) is 0.226. The summed E-state index contributed by atoms with van der Waals surface area (Å²) in [5.74, 6) is 0.550. The zero-order valence-electron chi connectivity index (χ0n) is 22.6. The Morgan fingerprint density at radius 3 is 2.66 bits per heavy atom. The average Bonchev–Trinajstić information content (AvgIpc) is 3.59. The minimum atomic E-state index is -0.173. The van der Waals surface area contributed by atoms with Crippen molar-refractivity contribution >= 4 is 60.5 Å². The van der Waals surface area contributed by atoms with E-state index in [4.69, 9.17) is 15.5 Å². The van der Waals surface area contributed by atoms with Crippen LogP contribution in [-0.2, 0) is 19.4 Å². The number of ketones is 1. The van der Waals surface area contributed by atoms with Gasteiger partial charge in [0.15, 0.2) is 16.0 Å². The van der Waals surface area contributed by atoms with Crippen molar-refractivity contribution in [2.24, 2.45) is 0 Å². The van der Waals surface area contributed by atoms with E-state index in [2.05, 4.69) is 21.3 Å². The van der Waals surface area contributed by atoms with Gasteiger partial charge in [-0.2, -0.15) is 0 Å². The molecule has 5 aromatic rings. The van der Waals surface area contributed by atoms with Crippen LogP contribution in [0.2, 0.25) is 0 Å². The molecule has 2 aromatic heterocycles. The Hall–Kier alpha value is -4.28. The van der Waals surface area contributed by atoms with Crippen molar-refractivity contribution in [2.75, 3.05) is 29.1 Å². The number of rotatable bonds is 9. The Morgan fingerprint density at radius 1 is 1.02 bits per heavy atom. The largest absolute Gasteiger partial charge is 0.494 e. The molecule has 0 aliphatic carbocycles. The van der Waals surface area contributed by atoms with Crippen LogP contribution in [0, 0.1) is 0 Å². The Kier molecular flexibility index (Phi) is 7.67. The maximum Gasteiger partial charge on any atom is 0.257 e. The number of anilines is 3. The number of fused-ring (bicyclic) bond motifs is 2. The molecule has 0 bridgehead atoms. The molecule has 0 fully saturated rings. The molecule has 3 aromatic carbocycles. The zero-order chi connectivity index (χ0) is 28.3. The Balaban J connectivity index is 1.16. The summed E-state index contributed by atoms with van der Waals surface area (Å²) >= 11 is 3.01. The van der Waals surface area contributed by atoms with E-state index in [0.717, 1.165) is 56.5 Å². The van der Waals surface area contributed by atoms with E-state index < -0.39 is 0 Å². The average molecular weight is 584 g/mol. The first-order valence-corrected chi connectivity index (χ1v) is 15.1. The number of nitrogens with one attached hydrogen (secondary N) is 1. The lowest BCUT2D eigenvalue weighted by molar-refractivity contribution is 0.100. The van der Waals surface area contributed by atoms with E-state index in [1.54, 1.807) is 18.3 Å². The molecule has 1 aliphatic heterocycles. The van der Waals surface area contributed by atoms with E-state index >= 15 is 0 Å². The second-order valence-corrected chi connectivity index (χ2v) is 12.0. The van der Waals surface area contributed by atoms with Crippen molar-refractivity contribution in [1.29, 1.82) is 0 Å². The van der Waals surface area contributed by atoms with Gasteiger partial charge < -0.3 is 15.4 Å². The Bertz CT molecular complexity index is 1690. The highest BCUT2D eigenvalue weighted by Crippen LogP contribution is 2.33. The van der Waals surface area contributed by atoms with Crippen LogP contribution < -0.4 is 20.7 Å². The fourth-order valence-corrected chi connectivity index (χ4v) is 6.99. The topological polar surface area (TPSA) is 110 Å². The van der Waals surface area contributed by atoms with Gasteiger partial charge in [-0.1, -0.05) is 35.6 Å². The summed E-state index contributed by atoms with van der Waals surface area (Å²) in [6, 6.07) is 21.0. The highest BCUT2D eigenvalue weighted by Gasteiger charge is 2.26. The van der Waals surface area contributed by atoms with Crippen LogP contribution in [0.5, 0.6) is 5.75 Å². The second-order valence-electron chi connectivity index (χ2n) is 9.90. The predicted octanol–water partition coefficient (Wildman–Crippen LogP) is 6.36. The van der Waals surface area contributed by atoms with Crippen LogP contribution >= 0.6 is 22.7 Å². The number of nitrogens with two attached hydrogens (primary N) is 1. The zero-order valence-corrected chi connectivity index (χ0v) is 24.2. The van der Waals surface area contributed by atoms with Gasteiger partial charge in [-0.25, -0.2) is 9.97 Å². The van der Waals surface area contributed by atoms with Crippen LogP contribution in [0.1, 0.15) is 50.2 Å². The van der Waals surface area contributed by atoms with Crippen molar-refractivity contribution in [3.05, 3.63) is 94.0 Å². The first-order chi connectivity index (χ1) is 19.9. The number of aryl methyl sites for hydroxylation is 1. The highest BCUT2D eigenvalue weighted by molar-refractivity contribution is 7.22. The lowest BCUT2D eigenvalue weighted by Crippen LogP contribution is -2.32. The number of amides is 1. The lowest BCUT2D eigenvalue weighted by atomic mass is 9.94. The van der Waals surface area contributed by atoms with Crippen LogP contribution in [0.3, 0.4) is 0 Å². The van der Waals surface area contributed by atoms with Gasteiger partial charge in [0, 0.05) is 36.1 Å². The fourth-order valence-electron chi connectivity index (χ4n) is 4.95. The number of thiazole rings is 2. The van der Waals surface area contributed by atoms with Gasteiger partial charge in [-0.15, -0.1) is 11.3 Å². The standard InChI is InChI=1S/C31H29N5O3S2/c1-19(37)28-27(10-5-17-39-22-13-11-21(32)12-14-22)41-31(34-28)36-16-15-20-6-4-7-23(24(20)18-36)29(38)35-30-33-25-8-2-3-9-26(25)40-30/h2-4,6-9,11-14H,5,10,15-18,32H2,1H3,(H,33,35,38). The van der Waals surface area contributed by atoms with Crippen molar-refractivity contribution in [2.45, 2.75) is 32.7 Å². The van der Waals surface area contributed by atoms with Gasteiger partial charge in [0.25, 0.3) is 5.91 Å². The summed E-state index contributed by atoms with van der Waals surface area (Å²) in [7, 11) is 0. The molecule has 0 unspecified atom stereocenters. The number of hydrogen-bond donors (Lipinski definition) is 2. The maximum absolute atomic E-state index is 13.4. The summed E-state index contributed by atoms with van der Waals surface area (Å²) in [6.45, 7) is 3.39. The van der Waals surface area contributed by atoms with Crippen molar-refractivity contribution in [3.63, 3.8) is 0 Å². The summed E-state index contributed by atoms with van der Waals surface area (Å²) in [4.78, 5) is 38.3. The van der Waals surface area contributed by atoms with Gasteiger partial charge in [0.2, 0.25) is 0 Å². The first kappa shape index (κ1) is 26.9. The predicted molar refractivity (Wildman–Crippen MR) is 166 cm³/mol. The summed E-state index contributed by atoms with van der Waals surface area (Å²) in [5.41, 5.74) is 10.6. The SMILES string of the molecule is CC(=O)c1nc(N2CCc3cccc(C(=O)Nc4nc5ccccc5s4)c3C2)sc1CCCOc1ccc(N)cc1.